The second-order valence-electron chi connectivity index (χ2n) is 7.69. The van der Waals surface area contributed by atoms with Gasteiger partial charge in [-0.05, 0) is 50.8 Å². The number of likely N-dealkylation sites (tertiary alicyclic amines) is 1. The van der Waals surface area contributed by atoms with E-state index in [4.69, 9.17) is 4.98 Å². The Morgan fingerprint density at radius 3 is 2.61 bits per heavy atom. The van der Waals surface area contributed by atoms with Crippen LogP contribution >= 0.6 is 0 Å². The van der Waals surface area contributed by atoms with Gasteiger partial charge in [-0.15, -0.1) is 0 Å². The Kier molecular flexibility index (Phi) is 4.84. The standard InChI is InChI=1S/C23H26N4O/c1-5-21-24-12-17(13-25-21)20-11-19(23(28)27-10-6-7-15(27)3)18-9-8-14(2)16(4)22(18)26-20/h8-9,11-13,15H,5-7,10H2,1-4H3/t15-/m1/s1. The molecule has 1 atom stereocenters. The first-order valence-electron chi connectivity index (χ1n) is 10.0. The monoisotopic (exact) mass is 374 g/mol. The van der Waals surface area contributed by atoms with Crippen LogP contribution in [0.15, 0.2) is 30.6 Å². The van der Waals surface area contributed by atoms with E-state index in [0.717, 1.165) is 64.9 Å². The molecule has 0 aliphatic carbocycles. The van der Waals surface area contributed by atoms with Crippen LogP contribution in [0.1, 0.15) is 54.0 Å². The molecular weight excluding hydrogens is 348 g/mol. The molecule has 3 heterocycles. The van der Waals surface area contributed by atoms with Gasteiger partial charge in [-0.2, -0.15) is 0 Å². The molecule has 144 valence electrons. The van der Waals surface area contributed by atoms with Gasteiger partial charge >= 0.3 is 0 Å². The van der Waals surface area contributed by atoms with Gasteiger partial charge in [0, 0.05) is 42.4 Å². The summed E-state index contributed by atoms with van der Waals surface area (Å²) in [7, 11) is 0. The maximum atomic E-state index is 13.4. The predicted octanol–water partition coefficient (Wildman–Crippen LogP) is 4.50. The fraction of sp³-hybridized carbons (Fsp3) is 0.391. The Hall–Kier alpha value is -2.82. The SMILES string of the molecule is CCc1ncc(-c2cc(C(=O)N3CCC[C@H]3C)c3ccc(C)c(C)c3n2)cn1. The van der Waals surface area contributed by atoms with Gasteiger partial charge in [0.2, 0.25) is 0 Å². The van der Waals surface area contributed by atoms with Crippen molar-refractivity contribution < 1.29 is 4.79 Å². The lowest BCUT2D eigenvalue weighted by Gasteiger charge is -2.23. The van der Waals surface area contributed by atoms with Crippen molar-refractivity contribution in [1.29, 1.82) is 0 Å². The Morgan fingerprint density at radius 1 is 1.21 bits per heavy atom. The number of hydrogen-bond donors (Lipinski definition) is 0. The van der Waals surface area contributed by atoms with Gasteiger partial charge < -0.3 is 4.90 Å². The van der Waals surface area contributed by atoms with Crippen molar-refractivity contribution in [2.24, 2.45) is 0 Å². The zero-order valence-electron chi connectivity index (χ0n) is 17.0. The third-order valence-corrected chi connectivity index (χ3v) is 5.87. The molecule has 2 aromatic heterocycles. The first kappa shape index (κ1) is 18.5. The van der Waals surface area contributed by atoms with Crippen LogP contribution in [0.25, 0.3) is 22.2 Å². The highest BCUT2D eigenvalue weighted by Gasteiger charge is 2.28. The first-order chi connectivity index (χ1) is 13.5. The summed E-state index contributed by atoms with van der Waals surface area (Å²) in [5, 5.41) is 0.919. The highest BCUT2D eigenvalue weighted by molar-refractivity contribution is 6.08. The van der Waals surface area contributed by atoms with Crippen molar-refractivity contribution in [1.82, 2.24) is 19.9 Å². The van der Waals surface area contributed by atoms with Crippen molar-refractivity contribution in [2.75, 3.05) is 6.54 Å². The van der Waals surface area contributed by atoms with E-state index in [1.54, 1.807) is 12.4 Å². The molecule has 0 radical (unpaired) electrons. The van der Waals surface area contributed by atoms with E-state index in [2.05, 4.69) is 36.8 Å². The number of nitrogens with zero attached hydrogens (tertiary/aromatic N) is 4. The lowest BCUT2D eigenvalue weighted by Crippen LogP contribution is -2.33. The molecule has 5 nitrogen and oxygen atoms in total. The molecule has 0 N–H and O–H groups in total. The molecule has 0 bridgehead atoms. The lowest BCUT2D eigenvalue weighted by molar-refractivity contribution is 0.0749. The van der Waals surface area contributed by atoms with Crippen LogP contribution in [-0.2, 0) is 6.42 Å². The van der Waals surface area contributed by atoms with Crippen LogP contribution in [0, 0.1) is 13.8 Å². The first-order valence-corrected chi connectivity index (χ1v) is 10.0. The number of carbonyl (C=O) groups excluding carboxylic acids is 1. The average Bonchev–Trinajstić information content (AvgIpc) is 3.15. The molecule has 1 fully saturated rings. The minimum Gasteiger partial charge on any atom is -0.336 e. The van der Waals surface area contributed by atoms with E-state index in [1.165, 1.54) is 5.56 Å². The van der Waals surface area contributed by atoms with Gasteiger partial charge in [0.15, 0.2) is 0 Å². The second kappa shape index (κ2) is 7.30. The number of benzene rings is 1. The number of pyridine rings is 1. The number of amides is 1. The molecule has 0 saturated carbocycles. The summed E-state index contributed by atoms with van der Waals surface area (Å²) in [6.45, 7) is 9.12. The zero-order chi connectivity index (χ0) is 19.8. The van der Waals surface area contributed by atoms with Crippen LogP contribution in [0.2, 0.25) is 0 Å². The molecular formula is C23H26N4O. The zero-order valence-corrected chi connectivity index (χ0v) is 17.0. The molecule has 1 saturated heterocycles. The van der Waals surface area contributed by atoms with Crippen LogP contribution in [0.3, 0.4) is 0 Å². The number of hydrogen-bond acceptors (Lipinski definition) is 4. The van der Waals surface area contributed by atoms with Crippen LogP contribution in [0.5, 0.6) is 0 Å². The Labute approximate surface area is 165 Å². The van der Waals surface area contributed by atoms with E-state index in [9.17, 15) is 4.79 Å². The topological polar surface area (TPSA) is 59.0 Å². The highest BCUT2D eigenvalue weighted by Crippen LogP contribution is 2.30. The van der Waals surface area contributed by atoms with E-state index in [-0.39, 0.29) is 11.9 Å². The smallest absolute Gasteiger partial charge is 0.254 e. The fourth-order valence-electron chi connectivity index (χ4n) is 3.91. The van der Waals surface area contributed by atoms with Gasteiger partial charge in [-0.25, -0.2) is 15.0 Å². The summed E-state index contributed by atoms with van der Waals surface area (Å²) in [6, 6.07) is 6.29. The summed E-state index contributed by atoms with van der Waals surface area (Å²) in [6.07, 6.45) is 6.52. The lowest BCUT2D eigenvalue weighted by atomic mass is 9.99. The predicted molar refractivity (Wildman–Crippen MR) is 111 cm³/mol. The van der Waals surface area contributed by atoms with Crippen molar-refractivity contribution in [3.8, 4) is 11.3 Å². The van der Waals surface area contributed by atoms with Gasteiger partial charge in [-0.1, -0.05) is 19.1 Å². The van der Waals surface area contributed by atoms with E-state index in [0.29, 0.717) is 0 Å². The van der Waals surface area contributed by atoms with Crippen molar-refractivity contribution >= 4 is 16.8 Å². The second-order valence-corrected chi connectivity index (χ2v) is 7.69. The van der Waals surface area contributed by atoms with Crippen molar-refractivity contribution in [3.63, 3.8) is 0 Å². The summed E-state index contributed by atoms with van der Waals surface area (Å²) in [4.78, 5) is 29.1. The van der Waals surface area contributed by atoms with Crippen LogP contribution in [-0.4, -0.2) is 38.3 Å². The number of carbonyl (C=O) groups is 1. The van der Waals surface area contributed by atoms with Gasteiger partial charge in [0.05, 0.1) is 16.8 Å². The fourth-order valence-corrected chi connectivity index (χ4v) is 3.91. The summed E-state index contributed by atoms with van der Waals surface area (Å²) < 4.78 is 0. The third kappa shape index (κ3) is 3.15. The minimum atomic E-state index is 0.0907. The summed E-state index contributed by atoms with van der Waals surface area (Å²) >= 11 is 0. The van der Waals surface area contributed by atoms with Crippen molar-refractivity contribution in [3.05, 3.63) is 53.1 Å². The molecule has 0 spiro atoms. The molecule has 1 aliphatic heterocycles. The molecule has 28 heavy (non-hydrogen) atoms. The molecule has 5 heteroatoms. The molecule has 1 aliphatic rings. The number of rotatable bonds is 3. The average molecular weight is 374 g/mol. The molecule has 4 rings (SSSR count). The molecule has 3 aromatic rings. The van der Waals surface area contributed by atoms with Gasteiger partial charge in [0.1, 0.15) is 5.82 Å². The van der Waals surface area contributed by atoms with Gasteiger partial charge in [-0.3, -0.25) is 4.79 Å². The summed E-state index contributed by atoms with van der Waals surface area (Å²) in [5.74, 6) is 0.895. The number of aromatic nitrogens is 3. The van der Waals surface area contributed by atoms with E-state index in [1.807, 2.05) is 24.0 Å². The molecule has 0 unspecified atom stereocenters. The highest BCUT2D eigenvalue weighted by atomic mass is 16.2. The van der Waals surface area contributed by atoms with Crippen LogP contribution in [0.4, 0.5) is 0 Å². The quantitative estimate of drug-likeness (QED) is 0.677. The maximum absolute atomic E-state index is 13.4. The minimum absolute atomic E-state index is 0.0907. The third-order valence-electron chi connectivity index (χ3n) is 5.87. The number of aryl methyl sites for hydroxylation is 3. The van der Waals surface area contributed by atoms with E-state index < -0.39 is 0 Å². The largest absolute Gasteiger partial charge is 0.336 e. The van der Waals surface area contributed by atoms with E-state index >= 15 is 0 Å². The normalized spacial score (nSPS) is 16.7. The van der Waals surface area contributed by atoms with Crippen LogP contribution < -0.4 is 0 Å². The number of fused-ring (bicyclic) bond motifs is 1. The Bertz CT molecular complexity index is 1040. The molecule has 1 aromatic carbocycles. The Balaban J connectivity index is 1.91. The summed E-state index contributed by atoms with van der Waals surface area (Å²) in [5.41, 5.74) is 5.46. The maximum Gasteiger partial charge on any atom is 0.254 e. The Morgan fingerprint density at radius 2 is 1.96 bits per heavy atom. The van der Waals surface area contributed by atoms with Gasteiger partial charge in [0.25, 0.3) is 5.91 Å². The molecule has 1 amide bonds. The van der Waals surface area contributed by atoms with Crippen molar-refractivity contribution in [2.45, 2.75) is 53.0 Å².